The summed E-state index contributed by atoms with van der Waals surface area (Å²) in [4.78, 5) is 15.9. The lowest BCUT2D eigenvalue weighted by atomic mass is 10.0. The third kappa shape index (κ3) is 4.20. The van der Waals surface area contributed by atoms with Crippen molar-refractivity contribution >= 4 is 27.4 Å². The number of anilines is 1. The van der Waals surface area contributed by atoms with E-state index in [1.54, 1.807) is 17.5 Å². The zero-order chi connectivity index (χ0) is 19.3. The van der Waals surface area contributed by atoms with E-state index in [0.29, 0.717) is 0 Å². The summed E-state index contributed by atoms with van der Waals surface area (Å²) in [5.41, 5.74) is 3.71. The second-order valence-electron chi connectivity index (χ2n) is 6.89. The van der Waals surface area contributed by atoms with Crippen molar-refractivity contribution in [2.24, 2.45) is 0 Å². The minimum atomic E-state index is 0.852. The Kier molecular flexibility index (Phi) is 5.63. The van der Waals surface area contributed by atoms with Crippen LogP contribution in [0.3, 0.4) is 0 Å². The monoisotopic (exact) mass is 388 g/mol. The summed E-state index contributed by atoms with van der Waals surface area (Å²) in [6.07, 6.45) is 6.65. The molecule has 3 heterocycles. The maximum atomic E-state index is 4.70. The highest BCUT2D eigenvalue weighted by molar-refractivity contribution is 7.18. The molecule has 0 aliphatic carbocycles. The van der Waals surface area contributed by atoms with Crippen LogP contribution in [0.5, 0.6) is 0 Å². The molecule has 0 radical (unpaired) electrons. The lowest BCUT2D eigenvalue weighted by Gasteiger charge is -2.09. The summed E-state index contributed by atoms with van der Waals surface area (Å²) < 4.78 is 0. The van der Waals surface area contributed by atoms with Gasteiger partial charge < -0.3 is 5.32 Å². The smallest absolute Gasteiger partial charge is 0.138 e. The van der Waals surface area contributed by atoms with Crippen molar-refractivity contribution in [2.45, 2.75) is 33.1 Å². The van der Waals surface area contributed by atoms with Gasteiger partial charge in [0.2, 0.25) is 0 Å². The third-order valence-corrected chi connectivity index (χ3v) is 5.71. The first kappa shape index (κ1) is 18.6. The van der Waals surface area contributed by atoms with Crippen LogP contribution in [0.1, 0.15) is 29.6 Å². The Hall–Kier alpha value is -2.79. The van der Waals surface area contributed by atoms with Gasteiger partial charge in [0.25, 0.3) is 0 Å². The Labute approximate surface area is 169 Å². The van der Waals surface area contributed by atoms with Crippen LogP contribution in [0.25, 0.3) is 21.3 Å². The molecule has 142 valence electrons. The van der Waals surface area contributed by atoms with Crippen LogP contribution in [0.4, 0.5) is 5.82 Å². The molecule has 0 spiro atoms. The van der Waals surface area contributed by atoms with Crippen LogP contribution in [0, 0.1) is 6.92 Å². The zero-order valence-corrected chi connectivity index (χ0v) is 17.1. The predicted molar refractivity (Wildman–Crippen MR) is 118 cm³/mol. The molecular formula is C23H24N4S. The molecule has 28 heavy (non-hydrogen) atoms. The van der Waals surface area contributed by atoms with E-state index >= 15 is 0 Å². The number of thiophene rings is 1. The zero-order valence-electron chi connectivity index (χ0n) is 16.3. The summed E-state index contributed by atoms with van der Waals surface area (Å²) in [6.45, 7) is 5.12. The van der Waals surface area contributed by atoms with Crippen LogP contribution < -0.4 is 5.32 Å². The van der Waals surface area contributed by atoms with Crippen molar-refractivity contribution in [2.75, 3.05) is 11.9 Å². The molecule has 4 aromatic rings. The van der Waals surface area contributed by atoms with Crippen molar-refractivity contribution in [3.63, 3.8) is 0 Å². The summed E-state index contributed by atoms with van der Waals surface area (Å²) in [6, 6.07) is 15.0. The minimum Gasteiger partial charge on any atom is -0.369 e. The molecule has 3 aromatic heterocycles. The van der Waals surface area contributed by atoms with Gasteiger partial charge >= 0.3 is 0 Å². The Balaban J connectivity index is 1.36. The summed E-state index contributed by atoms with van der Waals surface area (Å²) in [5, 5.41) is 4.67. The van der Waals surface area contributed by atoms with Crippen LogP contribution in [0.15, 0.2) is 54.9 Å². The summed E-state index contributed by atoms with van der Waals surface area (Å²) in [5.74, 6) is 1.88. The summed E-state index contributed by atoms with van der Waals surface area (Å²) in [7, 11) is 0. The first-order valence-corrected chi connectivity index (χ1v) is 10.5. The molecule has 5 heteroatoms. The number of nitrogens with one attached hydrogen (secondary N) is 1. The molecule has 0 fully saturated rings. The van der Waals surface area contributed by atoms with Gasteiger partial charge in [-0.2, -0.15) is 0 Å². The largest absolute Gasteiger partial charge is 0.369 e. The Morgan fingerprint density at radius 1 is 1.04 bits per heavy atom. The maximum absolute atomic E-state index is 4.70. The number of pyridine rings is 1. The predicted octanol–water partition coefficient (Wildman–Crippen LogP) is 5.67. The topological polar surface area (TPSA) is 50.7 Å². The fourth-order valence-corrected chi connectivity index (χ4v) is 4.17. The Bertz CT molecular complexity index is 1060. The van der Waals surface area contributed by atoms with E-state index < -0.39 is 0 Å². The van der Waals surface area contributed by atoms with E-state index in [4.69, 9.17) is 4.98 Å². The van der Waals surface area contributed by atoms with Gasteiger partial charge in [-0.15, -0.1) is 11.3 Å². The lowest BCUT2D eigenvalue weighted by Crippen LogP contribution is -2.07. The highest BCUT2D eigenvalue weighted by atomic mass is 32.1. The molecule has 0 amide bonds. The van der Waals surface area contributed by atoms with E-state index in [1.165, 1.54) is 16.0 Å². The summed E-state index contributed by atoms with van der Waals surface area (Å²) >= 11 is 1.74. The molecule has 0 aliphatic heterocycles. The fourth-order valence-electron chi connectivity index (χ4n) is 3.28. The van der Waals surface area contributed by atoms with Crippen LogP contribution in [-0.4, -0.2) is 21.5 Å². The van der Waals surface area contributed by atoms with E-state index in [1.807, 2.05) is 12.3 Å². The van der Waals surface area contributed by atoms with Crippen molar-refractivity contribution in [3.8, 4) is 11.1 Å². The number of hydrogen-bond acceptors (Lipinski definition) is 5. The van der Waals surface area contributed by atoms with E-state index in [9.17, 15) is 0 Å². The van der Waals surface area contributed by atoms with Crippen LogP contribution >= 0.6 is 11.3 Å². The normalized spacial score (nSPS) is 11.1. The lowest BCUT2D eigenvalue weighted by molar-refractivity contribution is 0.855. The maximum Gasteiger partial charge on any atom is 0.138 e. The van der Waals surface area contributed by atoms with Gasteiger partial charge in [-0.3, -0.25) is 4.98 Å². The molecule has 0 bridgehead atoms. The first-order valence-electron chi connectivity index (χ1n) is 9.73. The van der Waals surface area contributed by atoms with Gasteiger partial charge in [-0.05, 0) is 48.6 Å². The van der Waals surface area contributed by atoms with Gasteiger partial charge in [0.1, 0.15) is 16.5 Å². The number of fused-ring (bicyclic) bond motifs is 1. The van der Waals surface area contributed by atoms with Gasteiger partial charge in [0.15, 0.2) is 0 Å². The highest BCUT2D eigenvalue weighted by Gasteiger charge is 2.09. The first-order chi connectivity index (χ1) is 13.7. The number of aromatic nitrogens is 3. The molecule has 0 atom stereocenters. The molecule has 1 aromatic carbocycles. The number of hydrogen-bond donors (Lipinski definition) is 1. The molecule has 0 aliphatic rings. The van der Waals surface area contributed by atoms with E-state index in [2.05, 4.69) is 65.5 Å². The quantitative estimate of drug-likeness (QED) is 0.415. The third-order valence-electron chi connectivity index (χ3n) is 4.76. The second kappa shape index (κ2) is 8.48. The van der Waals surface area contributed by atoms with E-state index in [-0.39, 0.29) is 0 Å². The molecule has 0 saturated heterocycles. The average Bonchev–Trinajstić information content (AvgIpc) is 3.12. The molecule has 4 rings (SSSR count). The van der Waals surface area contributed by atoms with Gasteiger partial charge in [0.05, 0.1) is 5.39 Å². The van der Waals surface area contributed by atoms with Crippen molar-refractivity contribution in [1.29, 1.82) is 0 Å². The number of benzene rings is 1. The number of rotatable bonds is 7. The Morgan fingerprint density at radius 3 is 2.64 bits per heavy atom. The van der Waals surface area contributed by atoms with Gasteiger partial charge in [-0.1, -0.05) is 37.3 Å². The molecule has 1 N–H and O–H groups in total. The Morgan fingerprint density at radius 2 is 1.89 bits per heavy atom. The van der Waals surface area contributed by atoms with Gasteiger partial charge in [-0.25, -0.2) is 9.97 Å². The fraction of sp³-hybridized carbons (Fsp3) is 0.261. The standard InChI is InChI=1S/C23H24N4S/c1-3-21-26-22(20-14-16(2)28-23(20)27-21)25-13-4-6-17-8-10-18(11-9-17)19-7-5-12-24-15-19/h5,7-12,14-15H,3-4,6,13H2,1-2H3,(H,25,26,27). The minimum absolute atomic E-state index is 0.852. The van der Waals surface area contributed by atoms with Crippen molar-refractivity contribution in [1.82, 2.24) is 15.0 Å². The van der Waals surface area contributed by atoms with Crippen LogP contribution in [-0.2, 0) is 12.8 Å². The molecule has 0 unspecified atom stereocenters. The molecular weight excluding hydrogens is 364 g/mol. The molecule has 0 saturated carbocycles. The van der Waals surface area contributed by atoms with E-state index in [0.717, 1.165) is 53.2 Å². The highest BCUT2D eigenvalue weighted by Crippen LogP contribution is 2.28. The SMILES string of the molecule is CCc1nc(NCCCc2ccc(-c3cccnc3)cc2)c2cc(C)sc2n1. The second-order valence-corrected chi connectivity index (χ2v) is 8.12. The molecule has 4 nitrogen and oxygen atoms in total. The van der Waals surface area contributed by atoms with Crippen molar-refractivity contribution < 1.29 is 0 Å². The van der Waals surface area contributed by atoms with Crippen LogP contribution in [0.2, 0.25) is 0 Å². The number of aryl methyl sites for hydroxylation is 3. The number of nitrogens with zero attached hydrogens (tertiary/aromatic N) is 3. The van der Waals surface area contributed by atoms with Gasteiger partial charge in [0, 0.05) is 30.2 Å². The average molecular weight is 389 g/mol. The van der Waals surface area contributed by atoms with Crippen molar-refractivity contribution in [3.05, 3.63) is 71.1 Å².